The van der Waals surface area contributed by atoms with E-state index in [4.69, 9.17) is 0 Å². The fourth-order valence-corrected chi connectivity index (χ4v) is 2.53. The Balaban J connectivity index is 1.65. The molecule has 2 saturated heterocycles. The van der Waals surface area contributed by atoms with Crippen LogP contribution in [-0.4, -0.2) is 55.6 Å². The van der Waals surface area contributed by atoms with Gasteiger partial charge in [0.15, 0.2) is 0 Å². The van der Waals surface area contributed by atoms with Gasteiger partial charge in [0, 0.05) is 19.6 Å². The van der Waals surface area contributed by atoms with Crippen LogP contribution in [-0.2, 0) is 0 Å². The van der Waals surface area contributed by atoms with Crippen LogP contribution in [0.5, 0.6) is 0 Å². The molecule has 0 aliphatic carbocycles. The fourth-order valence-electron chi connectivity index (χ4n) is 2.53. The maximum Gasteiger partial charge on any atom is 0.317 e. The van der Waals surface area contributed by atoms with E-state index in [1.165, 1.54) is 38.8 Å². The summed E-state index contributed by atoms with van der Waals surface area (Å²) in [6.07, 6.45) is 4.77. The molecule has 0 bridgehead atoms. The van der Waals surface area contributed by atoms with Gasteiger partial charge in [0.25, 0.3) is 0 Å². The Kier molecular flexibility index (Phi) is 4.04. The van der Waals surface area contributed by atoms with Gasteiger partial charge in [-0.25, -0.2) is 4.79 Å². The van der Waals surface area contributed by atoms with Gasteiger partial charge in [-0.05, 0) is 51.7 Å². The molecule has 2 rings (SSSR count). The number of amides is 2. The molecule has 2 heterocycles. The molecule has 16 heavy (non-hydrogen) atoms. The molecule has 0 radical (unpaired) electrons. The first-order chi connectivity index (χ1) is 7.75. The first kappa shape index (κ1) is 11.7. The summed E-state index contributed by atoms with van der Waals surface area (Å²) in [6, 6.07) is 0.149. The lowest BCUT2D eigenvalue weighted by Gasteiger charge is -2.29. The van der Waals surface area contributed by atoms with E-state index in [-0.39, 0.29) is 6.03 Å². The number of rotatable bonds is 2. The summed E-state index contributed by atoms with van der Waals surface area (Å²) in [5, 5.41) is 3.08. The van der Waals surface area contributed by atoms with E-state index in [0.717, 1.165) is 19.6 Å². The maximum atomic E-state index is 11.8. The summed E-state index contributed by atoms with van der Waals surface area (Å²) in [6.45, 7) is 5.09. The smallest absolute Gasteiger partial charge is 0.317 e. The molecule has 2 aliphatic rings. The standard InChI is InChI=1S/C12H23N3O/c1-14-8-4-11(5-9-14)10-13-12(16)15-6-2-3-7-15/h11H,2-10H2,1H3,(H,13,16). The minimum absolute atomic E-state index is 0.149. The van der Waals surface area contributed by atoms with Gasteiger partial charge in [-0.15, -0.1) is 0 Å². The van der Waals surface area contributed by atoms with E-state index in [9.17, 15) is 4.79 Å². The van der Waals surface area contributed by atoms with Crippen molar-refractivity contribution in [1.29, 1.82) is 0 Å². The molecule has 2 fully saturated rings. The minimum atomic E-state index is 0.149. The first-order valence-electron chi connectivity index (χ1n) is 6.47. The molecule has 92 valence electrons. The Hall–Kier alpha value is -0.770. The highest BCUT2D eigenvalue weighted by molar-refractivity contribution is 5.74. The topological polar surface area (TPSA) is 35.6 Å². The molecular weight excluding hydrogens is 202 g/mol. The van der Waals surface area contributed by atoms with Gasteiger partial charge in [0.05, 0.1) is 0 Å². The molecule has 2 aliphatic heterocycles. The summed E-state index contributed by atoms with van der Waals surface area (Å²) in [4.78, 5) is 16.1. The van der Waals surface area contributed by atoms with Crippen molar-refractivity contribution in [2.45, 2.75) is 25.7 Å². The van der Waals surface area contributed by atoms with Crippen LogP contribution in [0.1, 0.15) is 25.7 Å². The van der Waals surface area contributed by atoms with Gasteiger partial charge in [0.2, 0.25) is 0 Å². The van der Waals surface area contributed by atoms with Crippen molar-refractivity contribution >= 4 is 6.03 Å². The lowest BCUT2D eigenvalue weighted by atomic mass is 9.97. The summed E-state index contributed by atoms with van der Waals surface area (Å²) >= 11 is 0. The number of nitrogens with one attached hydrogen (secondary N) is 1. The lowest BCUT2D eigenvalue weighted by Crippen LogP contribution is -2.42. The molecule has 0 unspecified atom stereocenters. The lowest BCUT2D eigenvalue weighted by molar-refractivity contribution is 0.194. The second-order valence-corrected chi connectivity index (χ2v) is 5.13. The summed E-state index contributed by atoms with van der Waals surface area (Å²) in [5.41, 5.74) is 0. The second kappa shape index (κ2) is 5.53. The van der Waals surface area contributed by atoms with E-state index in [2.05, 4.69) is 17.3 Å². The fraction of sp³-hybridized carbons (Fsp3) is 0.917. The summed E-state index contributed by atoms with van der Waals surface area (Å²) in [5.74, 6) is 0.683. The molecular formula is C12H23N3O. The number of urea groups is 1. The number of carbonyl (C=O) groups excluding carboxylic acids is 1. The number of hydrogen-bond acceptors (Lipinski definition) is 2. The zero-order valence-corrected chi connectivity index (χ0v) is 10.2. The molecule has 0 aromatic carbocycles. The van der Waals surface area contributed by atoms with E-state index < -0.39 is 0 Å². The second-order valence-electron chi connectivity index (χ2n) is 5.13. The predicted octanol–water partition coefficient (Wildman–Crippen LogP) is 1.13. The molecule has 4 nitrogen and oxygen atoms in total. The monoisotopic (exact) mass is 225 g/mol. The number of likely N-dealkylation sites (tertiary alicyclic amines) is 2. The van der Waals surface area contributed by atoms with Gasteiger partial charge in [-0.1, -0.05) is 0 Å². The molecule has 4 heteroatoms. The average Bonchev–Trinajstić information content (AvgIpc) is 2.81. The SMILES string of the molecule is CN1CCC(CNC(=O)N2CCCC2)CC1. The average molecular weight is 225 g/mol. The van der Waals surface area contributed by atoms with Crippen molar-refractivity contribution in [3.63, 3.8) is 0 Å². The van der Waals surface area contributed by atoms with E-state index in [0.29, 0.717) is 5.92 Å². The molecule has 0 atom stereocenters. The summed E-state index contributed by atoms with van der Waals surface area (Å²) in [7, 11) is 2.17. The number of piperidine rings is 1. The van der Waals surface area contributed by atoms with E-state index in [1.54, 1.807) is 0 Å². The van der Waals surface area contributed by atoms with Gasteiger partial charge in [-0.2, -0.15) is 0 Å². The predicted molar refractivity (Wildman–Crippen MR) is 64.4 cm³/mol. The van der Waals surface area contributed by atoms with Crippen LogP contribution in [0, 0.1) is 5.92 Å². The van der Waals surface area contributed by atoms with Crippen molar-refractivity contribution in [3.05, 3.63) is 0 Å². The van der Waals surface area contributed by atoms with E-state index in [1.807, 2.05) is 4.90 Å². The van der Waals surface area contributed by atoms with Crippen molar-refractivity contribution in [2.24, 2.45) is 5.92 Å². The number of carbonyl (C=O) groups is 1. The van der Waals surface area contributed by atoms with Crippen LogP contribution >= 0.6 is 0 Å². The normalized spacial score (nSPS) is 23.7. The molecule has 0 saturated carbocycles. The highest BCUT2D eigenvalue weighted by Crippen LogP contribution is 2.15. The minimum Gasteiger partial charge on any atom is -0.338 e. The molecule has 1 N–H and O–H groups in total. The summed E-state index contributed by atoms with van der Waals surface area (Å²) < 4.78 is 0. The largest absolute Gasteiger partial charge is 0.338 e. The molecule has 0 spiro atoms. The third-order valence-electron chi connectivity index (χ3n) is 3.77. The van der Waals surface area contributed by atoms with Gasteiger partial charge < -0.3 is 15.1 Å². The highest BCUT2D eigenvalue weighted by atomic mass is 16.2. The number of nitrogens with zero attached hydrogens (tertiary/aromatic N) is 2. The van der Waals surface area contributed by atoms with Gasteiger partial charge >= 0.3 is 6.03 Å². The Morgan fingerprint density at radius 1 is 1.19 bits per heavy atom. The van der Waals surface area contributed by atoms with Crippen molar-refractivity contribution in [2.75, 3.05) is 39.8 Å². The van der Waals surface area contributed by atoms with Crippen LogP contribution in [0.15, 0.2) is 0 Å². The van der Waals surface area contributed by atoms with Crippen molar-refractivity contribution in [1.82, 2.24) is 15.1 Å². The van der Waals surface area contributed by atoms with Gasteiger partial charge in [-0.3, -0.25) is 0 Å². The molecule has 2 amide bonds. The third-order valence-corrected chi connectivity index (χ3v) is 3.77. The number of hydrogen-bond donors (Lipinski definition) is 1. The Bertz CT molecular complexity index is 230. The molecule has 0 aromatic rings. The van der Waals surface area contributed by atoms with E-state index >= 15 is 0 Å². The van der Waals surface area contributed by atoms with Crippen LogP contribution in [0.2, 0.25) is 0 Å². The van der Waals surface area contributed by atoms with Crippen molar-refractivity contribution < 1.29 is 4.79 Å². The van der Waals surface area contributed by atoms with Crippen molar-refractivity contribution in [3.8, 4) is 0 Å². The molecule has 0 aromatic heterocycles. The Labute approximate surface area is 98.0 Å². The van der Waals surface area contributed by atoms with Crippen LogP contribution in [0.3, 0.4) is 0 Å². The zero-order valence-electron chi connectivity index (χ0n) is 10.2. The quantitative estimate of drug-likeness (QED) is 0.765. The Morgan fingerprint density at radius 3 is 2.44 bits per heavy atom. The zero-order chi connectivity index (χ0) is 11.4. The maximum absolute atomic E-state index is 11.8. The first-order valence-corrected chi connectivity index (χ1v) is 6.47. The third kappa shape index (κ3) is 3.11. The van der Waals surface area contributed by atoms with Crippen LogP contribution in [0.4, 0.5) is 4.79 Å². The van der Waals surface area contributed by atoms with Crippen LogP contribution in [0.25, 0.3) is 0 Å². The Morgan fingerprint density at radius 2 is 1.81 bits per heavy atom. The van der Waals surface area contributed by atoms with Gasteiger partial charge in [0.1, 0.15) is 0 Å². The van der Waals surface area contributed by atoms with Crippen LogP contribution < -0.4 is 5.32 Å². The highest BCUT2D eigenvalue weighted by Gasteiger charge is 2.20.